The Morgan fingerprint density at radius 1 is 0.865 bits per heavy atom. The summed E-state index contributed by atoms with van der Waals surface area (Å²) < 4.78 is 0. The monoisotopic (exact) mass is 510 g/mol. The van der Waals surface area contributed by atoms with E-state index in [-0.39, 0.29) is 18.7 Å². The summed E-state index contributed by atoms with van der Waals surface area (Å²) in [5.74, 6) is -3.06. The van der Waals surface area contributed by atoms with Crippen molar-refractivity contribution >= 4 is 23.7 Å². The van der Waals surface area contributed by atoms with Crippen LogP contribution in [-0.4, -0.2) is 70.7 Å². The standard InChI is InChI=1S/C27H34N4O6/c1-17(32)23(26(35)30-22(27(36)37)16-19-11-6-3-7-12-19)31-25(34)21(15-18-9-4-2-5-10-18)29-24(33)20-13-8-14-28-20/h2-7,9-12,17,20-23,28,32H,8,13-16H2,1H3,(H,29,33)(H,30,35)(H,31,34)(H,36,37). The summed E-state index contributed by atoms with van der Waals surface area (Å²) in [5.41, 5.74) is 1.51. The van der Waals surface area contributed by atoms with Crippen molar-refractivity contribution in [1.29, 1.82) is 0 Å². The van der Waals surface area contributed by atoms with Gasteiger partial charge in [-0.25, -0.2) is 4.79 Å². The fraction of sp³-hybridized carbons (Fsp3) is 0.407. The van der Waals surface area contributed by atoms with Gasteiger partial charge in [0.1, 0.15) is 18.1 Å². The Labute approximate surface area is 215 Å². The number of benzene rings is 2. The molecule has 37 heavy (non-hydrogen) atoms. The Morgan fingerprint density at radius 2 is 1.43 bits per heavy atom. The normalized spacial score (nSPS) is 18.2. The van der Waals surface area contributed by atoms with Gasteiger partial charge >= 0.3 is 5.97 Å². The second-order valence-corrected chi connectivity index (χ2v) is 9.22. The average Bonchev–Trinajstić information content (AvgIpc) is 3.42. The van der Waals surface area contributed by atoms with Crippen molar-refractivity contribution in [2.45, 2.75) is 62.9 Å². The van der Waals surface area contributed by atoms with Crippen LogP contribution in [0.25, 0.3) is 0 Å². The topological polar surface area (TPSA) is 157 Å². The van der Waals surface area contributed by atoms with Crippen molar-refractivity contribution in [1.82, 2.24) is 21.3 Å². The molecule has 5 atom stereocenters. The number of amides is 3. The first-order chi connectivity index (χ1) is 17.7. The lowest BCUT2D eigenvalue weighted by molar-refractivity contribution is -0.143. The van der Waals surface area contributed by atoms with Gasteiger partial charge in [0.15, 0.2) is 0 Å². The minimum absolute atomic E-state index is 0.0312. The second kappa shape index (κ2) is 13.5. The number of aliphatic carboxylic acids is 1. The highest BCUT2D eigenvalue weighted by Gasteiger charge is 2.33. The summed E-state index contributed by atoms with van der Waals surface area (Å²) >= 11 is 0. The maximum absolute atomic E-state index is 13.3. The molecule has 10 heteroatoms. The van der Waals surface area contributed by atoms with Crippen LogP contribution in [0.15, 0.2) is 60.7 Å². The van der Waals surface area contributed by atoms with Gasteiger partial charge in [0, 0.05) is 12.8 Å². The molecule has 1 aliphatic heterocycles. The quantitative estimate of drug-likeness (QED) is 0.237. The molecule has 3 rings (SSSR count). The number of carboxylic acid groups (broad SMARTS) is 1. The molecule has 5 unspecified atom stereocenters. The van der Waals surface area contributed by atoms with Crippen LogP contribution in [0.2, 0.25) is 0 Å². The number of hydrogen-bond acceptors (Lipinski definition) is 6. The van der Waals surface area contributed by atoms with Crippen molar-refractivity contribution in [3.05, 3.63) is 71.8 Å². The van der Waals surface area contributed by atoms with Gasteiger partial charge in [-0.15, -0.1) is 0 Å². The van der Waals surface area contributed by atoms with E-state index in [4.69, 9.17) is 0 Å². The Hall–Kier alpha value is -3.76. The molecule has 0 radical (unpaired) electrons. The number of aliphatic hydroxyl groups is 1. The summed E-state index contributed by atoms with van der Waals surface area (Å²) in [4.78, 5) is 50.8. The first-order valence-electron chi connectivity index (χ1n) is 12.4. The third kappa shape index (κ3) is 8.40. The summed E-state index contributed by atoms with van der Waals surface area (Å²) in [6, 6.07) is 13.8. The predicted octanol–water partition coefficient (Wildman–Crippen LogP) is 0.144. The van der Waals surface area contributed by atoms with E-state index in [1.165, 1.54) is 6.92 Å². The second-order valence-electron chi connectivity index (χ2n) is 9.22. The van der Waals surface area contributed by atoms with E-state index >= 15 is 0 Å². The lowest BCUT2D eigenvalue weighted by atomic mass is 10.0. The van der Waals surface area contributed by atoms with Gasteiger partial charge < -0.3 is 31.5 Å². The maximum atomic E-state index is 13.3. The lowest BCUT2D eigenvalue weighted by Gasteiger charge is -2.26. The van der Waals surface area contributed by atoms with Gasteiger partial charge in [-0.1, -0.05) is 60.7 Å². The van der Waals surface area contributed by atoms with Crippen LogP contribution in [0.4, 0.5) is 0 Å². The van der Waals surface area contributed by atoms with Crippen LogP contribution < -0.4 is 21.3 Å². The van der Waals surface area contributed by atoms with Crippen molar-refractivity contribution in [2.24, 2.45) is 0 Å². The van der Waals surface area contributed by atoms with Crippen LogP contribution in [-0.2, 0) is 32.0 Å². The van der Waals surface area contributed by atoms with Crippen LogP contribution in [0.5, 0.6) is 0 Å². The first kappa shape index (κ1) is 27.8. The molecule has 10 nitrogen and oxygen atoms in total. The highest BCUT2D eigenvalue weighted by molar-refractivity contribution is 5.94. The molecule has 6 N–H and O–H groups in total. The summed E-state index contributed by atoms with van der Waals surface area (Å²) in [7, 11) is 0. The molecule has 0 bridgehead atoms. The molecule has 0 saturated carbocycles. The van der Waals surface area contributed by atoms with E-state index < -0.39 is 48.1 Å². The van der Waals surface area contributed by atoms with Gasteiger partial charge in [-0.2, -0.15) is 0 Å². The van der Waals surface area contributed by atoms with Crippen molar-refractivity contribution in [3.63, 3.8) is 0 Å². The third-order valence-corrected chi connectivity index (χ3v) is 6.25. The van der Waals surface area contributed by atoms with Crippen LogP contribution in [0.3, 0.4) is 0 Å². The van der Waals surface area contributed by atoms with E-state index in [2.05, 4.69) is 21.3 Å². The van der Waals surface area contributed by atoms with Crippen molar-refractivity contribution in [2.75, 3.05) is 6.54 Å². The van der Waals surface area contributed by atoms with Gasteiger partial charge in [0.05, 0.1) is 12.1 Å². The molecular weight excluding hydrogens is 476 g/mol. The molecule has 0 spiro atoms. The number of carbonyl (C=O) groups excluding carboxylic acids is 3. The Balaban J connectivity index is 1.72. The minimum Gasteiger partial charge on any atom is -0.480 e. The Kier molecular flexibility index (Phi) is 10.2. The molecule has 1 aliphatic rings. The number of rotatable bonds is 12. The predicted molar refractivity (Wildman–Crippen MR) is 136 cm³/mol. The van der Waals surface area contributed by atoms with E-state index in [0.717, 1.165) is 12.0 Å². The highest BCUT2D eigenvalue weighted by atomic mass is 16.4. The largest absolute Gasteiger partial charge is 0.480 e. The first-order valence-corrected chi connectivity index (χ1v) is 12.4. The summed E-state index contributed by atoms with van der Waals surface area (Å²) in [6.07, 6.45) is 0.391. The molecular formula is C27H34N4O6. The van der Waals surface area contributed by atoms with Crippen LogP contribution in [0, 0.1) is 0 Å². The van der Waals surface area contributed by atoms with E-state index in [1.807, 2.05) is 30.3 Å². The molecule has 198 valence electrons. The van der Waals surface area contributed by atoms with Crippen molar-refractivity contribution in [3.8, 4) is 0 Å². The molecule has 1 saturated heterocycles. The van der Waals surface area contributed by atoms with E-state index in [9.17, 15) is 29.4 Å². The number of hydrogen-bond donors (Lipinski definition) is 6. The number of aliphatic hydroxyl groups excluding tert-OH is 1. The SMILES string of the molecule is CC(O)C(NC(=O)C(Cc1ccccc1)NC(=O)C1CCCN1)C(=O)NC(Cc1ccccc1)C(=O)O. The summed E-state index contributed by atoms with van der Waals surface area (Å²) in [5, 5.41) is 30.7. The zero-order chi connectivity index (χ0) is 26.8. The zero-order valence-corrected chi connectivity index (χ0v) is 20.7. The van der Waals surface area contributed by atoms with Crippen LogP contribution in [0.1, 0.15) is 30.9 Å². The minimum atomic E-state index is -1.43. The fourth-order valence-electron chi connectivity index (χ4n) is 4.21. The number of nitrogens with one attached hydrogen (secondary N) is 4. The number of carbonyl (C=O) groups is 4. The molecule has 2 aromatic carbocycles. The van der Waals surface area contributed by atoms with Crippen molar-refractivity contribution < 1.29 is 29.4 Å². The van der Waals surface area contributed by atoms with E-state index in [0.29, 0.717) is 18.5 Å². The number of carboxylic acids is 1. The smallest absolute Gasteiger partial charge is 0.326 e. The summed E-state index contributed by atoms with van der Waals surface area (Å²) in [6.45, 7) is 2.04. The van der Waals surface area contributed by atoms with Gasteiger partial charge in [-0.05, 0) is 37.4 Å². The van der Waals surface area contributed by atoms with Gasteiger partial charge in [0.25, 0.3) is 0 Å². The average molecular weight is 511 g/mol. The Bertz CT molecular complexity index is 1060. The molecule has 0 aliphatic carbocycles. The highest BCUT2D eigenvalue weighted by Crippen LogP contribution is 2.09. The van der Waals surface area contributed by atoms with Crippen LogP contribution >= 0.6 is 0 Å². The van der Waals surface area contributed by atoms with Gasteiger partial charge in [-0.3, -0.25) is 14.4 Å². The Morgan fingerprint density at radius 3 is 1.92 bits per heavy atom. The third-order valence-electron chi connectivity index (χ3n) is 6.25. The fourth-order valence-corrected chi connectivity index (χ4v) is 4.21. The van der Waals surface area contributed by atoms with Gasteiger partial charge in [0.2, 0.25) is 17.7 Å². The molecule has 0 aromatic heterocycles. The zero-order valence-electron chi connectivity index (χ0n) is 20.7. The molecule has 1 heterocycles. The molecule has 2 aromatic rings. The molecule has 1 fully saturated rings. The molecule has 3 amide bonds. The van der Waals surface area contributed by atoms with E-state index in [1.54, 1.807) is 30.3 Å². The maximum Gasteiger partial charge on any atom is 0.326 e. The lowest BCUT2D eigenvalue weighted by Crippen LogP contribution is -2.60.